The van der Waals surface area contributed by atoms with Crippen LogP contribution in [0.1, 0.15) is 21.5 Å². The fourth-order valence-corrected chi connectivity index (χ4v) is 3.02. The Balaban J connectivity index is 1.63. The van der Waals surface area contributed by atoms with Crippen LogP contribution in [0.5, 0.6) is 0 Å². The van der Waals surface area contributed by atoms with Crippen LogP contribution in [0.25, 0.3) is 0 Å². The van der Waals surface area contributed by atoms with Crippen LogP contribution in [0.15, 0.2) is 36.5 Å². The van der Waals surface area contributed by atoms with Crippen LogP contribution in [-0.4, -0.2) is 16.9 Å². The van der Waals surface area contributed by atoms with Gasteiger partial charge in [0.2, 0.25) is 5.91 Å². The lowest BCUT2D eigenvalue weighted by molar-refractivity contribution is -0.123. The normalized spacial score (nSPS) is 21.4. The van der Waals surface area contributed by atoms with Gasteiger partial charge < -0.3 is 5.32 Å². The summed E-state index contributed by atoms with van der Waals surface area (Å²) in [5.74, 6) is -0.0487. The molecule has 2 aromatic rings. The third kappa shape index (κ3) is 3.27. The average molecular weight is 303 g/mol. The van der Waals surface area contributed by atoms with Crippen molar-refractivity contribution in [2.45, 2.75) is 25.6 Å². The number of rotatable bonds is 4. The molecule has 1 amide bonds. The van der Waals surface area contributed by atoms with Crippen LogP contribution in [0, 0.1) is 6.92 Å². The first kappa shape index (κ1) is 14.2. The molecule has 2 unspecified atom stereocenters. The molecule has 2 atom stereocenters. The molecule has 2 heterocycles. The van der Waals surface area contributed by atoms with Crippen molar-refractivity contribution >= 4 is 17.2 Å². The molecule has 1 aliphatic heterocycles. The zero-order valence-electron chi connectivity index (χ0n) is 11.6. The van der Waals surface area contributed by atoms with E-state index >= 15 is 0 Å². The van der Waals surface area contributed by atoms with Crippen molar-refractivity contribution in [3.63, 3.8) is 0 Å². The number of aryl methyl sites for hydroxylation is 1. The summed E-state index contributed by atoms with van der Waals surface area (Å²) in [6.07, 6.45) is 1.80. The number of nitrogens with one attached hydrogen (secondary N) is 4. The molecule has 0 saturated carbocycles. The van der Waals surface area contributed by atoms with Gasteiger partial charge in [-0.1, -0.05) is 30.3 Å². The lowest BCUT2D eigenvalue weighted by atomic mass is 10.0. The highest BCUT2D eigenvalue weighted by Gasteiger charge is 2.33. The Morgan fingerprint density at radius 1 is 1.33 bits per heavy atom. The molecule has 0 spiro atoms. The number of hydrogen-bond donors (Lipinski definition) is 4. The van der Waals surface area contributed by atoms with Gasteiger partial charge in [0.25, 0.3) is 0 Å². The first-order chi connectivity index (χ1) is 10.2. The van der Waals surface area contributed by atoms with Gasteiger partial charge in [0, 0.05) is 11.1 Å². The Morgan fingerprint density at radius 2 is 2.14 bits per heavy atom. The second-order valence-corrected chi connectivity index (χ2v) is 6.16. The number of carbonyl (C=O) groups excluding carboxylic acids is 1. The maximum absolute atomic E-state index is 12.3. The van der Waals surface area contributed by atoms with Crippen LogP contribution in [0.2, 0.25) is 0 Å². The predicted molar refractivity (Wildman–Crippen MR) is 81.1 cm³/mol. The summed E-state index contributed by atoms with van der Waals surface area (Å²) in [6, 6.07) is 9.42. The van der Waals surface area contributed by atoms with E-state index in [2.05, 4.69) is 26.7 Å². The van der Waals surface area contributed by atoms with Gasteiger partial charge in [0.15, 0.2) is 0 Å². The molecule has 0 aliphatic carbocycles. The van der Waals surface area contributed by atoms with E-state index in [1.165, 1.54) is 0 Å². The average Bonchev–Trinajstić information content (AvgIpc) is 3.14. The second kappa shape index (κ2) is 6.31. The number of nitrogens with zero attached hydrogens (tertiary/aromatic N) is 1. The lowest BCUT2D eigenvalue weighted by Gasteiger charge is -2.17. The molecule has 0 bridgehead atoms. The monoisotopic (exact) mass is 303 g/mol. The van der Waals surface area contributed by atoms with E-state index in [9.17, 15) is 4.79 Å². The highest BCUT2D eigenvalue weighted by molar-refractivity contribution is 7.11. The minimum absolute atomic E-state index is 0.0487. The maximum Gasteiger partial charge on any atom is 0.240 e. The molecule has 1 saturated heterocycles. The van der Waals surface area contributed by atoms with Gasteiger partial charge >= 0.3 is 0 Å². The Morgan fingerprint density at radius 3 is 2.86 bits per heavy atom. The van der Waals surface area contributed by atoms with Gasteiger partial charge in [-0.2, -0.15) is 5.53 Å². The van der Waals surface area contributed by atoms with Crippen molar-refractivity contribution in [2.24, 2.45) is 0 Å². The number of hydrogen-bond acceptors (Lipinski definition) is 6. The Kier molecular flexibility index (Phi) is 4.26. The SMILES string of the molecule is Cc1ncc(CNC(=O)C2NNNC2c2ccccc2)s1. The minimum Gasteiger partial charge on any atom is -0.350 e. The number of aromatic nitrogens is 1. The number of hydrazine groups is 2. The molecule has 4 N–H and O–H groups in total. The van der Waals surface area contributed by atoms with Crippen molar-refractivity contribution in [1.29, 1.82) is 0 Å². The molecular formula is C14H17N5OS. The van der Waals surface area contributed by atoms with E-state index in [0.29, 0.717) is 6.54 Å². The molecule has 1 aromatic carbocycles. The summed E-state index contributed by atoms with van der Waals surface area (Å²) in [7, 11) is 0. The molecule has 1 fully saturated rings. The van der Waals surface area contributed by atoms with Crippen molar-refractivity contribution < 1.29 is 4.79 Å². The summed E-state index contributed by atoms with van der Waals surface area (Å²) < 4.78 is 0. The van der Waals surface area contributed by atoms with Gasteiger partial charge in [-0.15, -0.1) is 11.3 Å². The summed E-state index contributed by atoms with van der Waals surface area (Å²) in [5.41, 5.74) is 9.93. The van der Waals surface area contributed by atoms with E-state index in [1.807, 2.05) is 37.3 Å². The smallest absolute Gasteiger partial charge is 0.240 e. The highest BCUT2D eigenvalue weighted by Crippen LogP contribution is 2.19. The zero-order chi connectivity index (χ0) is 14.7. The molecule has 110 valence electrons. The maximum atomic E-state index is 12.3. The molecule has 6 nitrogen and oxygen atoms in total. The third-order valence-electron chi connectivity index (χ3n) is 3.34. The predicted octanol–water partition coefficient (Wildman–Crippen LogP) is 0.790. The van der Waals surface area contributed by atoms with Crippen LogP contribution in [-0.2, 0) is 11.3 Å². The molecule has 3 rings (SSSR count). The number of amides is 1. The van der Waals surface area contributed by atoms with Gasteiger partial charge in [-0.05, 0) is 12.5 Å². The third-order valence-corrected chi connectivity index (χ3v) is 4.25. The molecule has 0 radical (unpaired) electrons. The second-order valence-electron chi connectivity index (χ2n) is 4.84. The first-order valence-electron chi connectivity index (χ1n) is 6.74. The molecule has 1 aromatic heterocycles. The summed E-state index contributed by atoms with van der Waals surface area (Å²) >= 11 is 1.59. The largest absolute Gasteiger partial charge is 0.350 e. The Bertz CT molecular complexity index is 615. The molecular weight excluding hydrogens is 286 g/mol. The number of benzene rings is 1. The van der Waals surface area contributed by atoms with Gasteiger partial charge in [0.1, 0.15) is 6.04 Å². The van der Waals surface area contributed by atoms with Crippen LogP contribution < -0.4 is 21.7 Å². The van der Waals surface area contributed by atoms with Crippen molar-refractivity contribution in [3.8, 4) is 0 Å². The van der Waals surface area contributed by atoms with Gasteiger partial charge in [-0.3, -0.25) is 4.79 Å². The van der Waals surface area contributed by atoms with Crippen molar-refractivity contribution in [1.82, 2.24) is 26.7 Å². The van der Waals surface area contributed by atoms with E-state index in [4.69, 9.17) is 0 Å². The highest BCUT2D eigenvalue weighted by atomic mass is 32.1. The van der Waals surface area contributed by atoms with E-state index < -0.39 is 0 Å². The molecule has 1 aliphatic rings. The molecule has 7 heteroatoms. The quantitative estimate of drug-likeness (QED) is 0.672. The zero-order valence-corrected chi connectivity index (χ0v) is 12.4. The van der Waals surface area contributed by atoms with Gasteiger partial charge in [0.05, 0.1) is 17.6 Å². The Hall–Kier alpha value is -1.80. The summed E-state index contributed by atoms with van der Waals surface area (Å²) in [4.78, 5) is 17.6. The summed E-state index contributed by atoms with van der Waals surface area (Å²) in [6.45, 7) is 2.46. The van der Waals surface area contributed by atoms with Crippen LogP contribution >= 0.6 is 11.3 Å². The standard InChI is InChI=1S/C14H17N5OS/c1-9-15-7-11(21-9)8-16-14(20)13-12(17-19-18-13)10-5-3-2-4-6-10/h2-7,12-13,17-19H,8H2,1H3,(H,16,20). The number of carbonyl (C=O) groups is 1. The van der Waals surface area contributed by atoms with E-state index in [1.54, 1.807) is 17.5 Å². The molecule has 21 heavy (non-hydrogen) atoms. The van der Waals surface area contributed by atoms with E-state index in [-0.39, 0.29) is 18.0 Å². The fourth-order valence-electron chi connectivity index (χ4n) is 2.29. The van der Waals surface area contributed by atoms with Gasteiger partial charge in [-0.25, -0.2) is 15.8 Å². The lowest BCUT2D eigenvalue weighted by Crippen LogP contribution is -2.44. The summed E-state index contributed by atoms with van der Waals surface area (Å²) in [5, 5.41) is 3.95. The fraction of sp³-hybridized carbons (Fsp3) is 0.286. The van der Waals surface area contributed by atoms with Crippen molar-refractivity contribution in [2.75, 3.05) is 0 Å². The topological polar surface area (TPSA) is 78.1 Å². The van der Waals surface area contributed by atoms with Crippen LogP contribution in [0.3, 0.4) is 0 Å². The minimum atomic E-state index is -0.360. The van der Waals surface area contributed by atoms with E-state index in [0.717, 1.165) is 15.4 Å². The first-order valence-corrected chi connectivity index (χ1v) is 7.56. The van der Waals surface area contributed by atoms with Crippen molar-refractivity contribution in [3.05, 3.63) is 52.0 Å². The van der Waals surface area contributed by atoms with Crippen LogP contribution in [0.4, 0.5) is 0 Å². The Labute approximate surface area is 126 Å². The number of thiazole rings is 1.